The Morgan fingerprint density at radius 3 is 2.27 bits per heavy atom. The normalized spacial score (nSPS) is 10.9. The second kappa shape index (κ2) is 6.90. The zero-order valence-electron chi connectivity index (χ0n) is 9.57. The number of rotatable bonds is 3. The van der Waals surface area contributed by atoms with Crippen molar-refractivity contribution in [2.45, 2.75) is 26.3 Å². The van der Waals surface area contributed by atoms with Crippen LogP contribution in [-0.2, 0) is 26.2 Å². The summed E-state index contributed by atoms with van der Waals surface area (Å²) in [4.78, 5) is 0. The van der Waals surface area contributed by atoms with Crippen molar-refractivity contribution >= 4 is 0 Å². The smallest absolute Gasteiger partial charge is 0.729 e. The molecule has 0 bridgehead atoms. The SMILES string of the molecule is CC(C)(C)[N-]C=C[CH-]c1ccccc1.[Zr+2]. The second-order valence-electron chi connectivity index (χ2n) is 4.22. The van der Waals surface area contributed by atoms with Crippen molar-refractivity contribution in [3.8, 4) is 0 Å². The molecule has 0 aromatic heterocycles. The Morgan fingerprint density at radius 2 is 1.73 bits per heavy atom. The van der Waals surface area contributed by atoms with E-state index in [2.05, 4.69) is 44.6 Å². The van der Waals surface area contributed by atoms with Crippen LogP contribution < -0.4 is 0 Å². The molecule has 0 aliphatic rings. The van der Waals surface area contributed by atoms with Gasteiger partial charge in [0.15, 0.2) is 0 Å². The predicted octanol–water partition coefficient (Wildman–Crippen LogP) is 3.92. The maximum absolute atomic E-state index is 4.36. The minimum absolute atomic E-state index is 0. The Labute approximate surface area is 112 Å². The molecule has 0 radical (unpaired) electrons. The van der Waals surface area contributed by atoms with Gasteiger partial charge in [0.1, 0.15) is 0 Å². The Hall–Kier alpha value is -0.487. The molecule has 0 amide bonds. The van der Waals surface area contributed by atoms with Gasteiger partial charge in [-0.25, -0.2) is 0 Å². The van der Waals surface area contributed by atoms with Gasteiger partial charge >= 0.3 is 26.2 Å². The third-order valence-electron chi connectivity index (χ3n) is 1.64. The first-order valence-electron chi connectivity index (χ1n) is 4.85. The molecule has 1 nitrogen and oxygen atoms in total. The molecule has 0 saturated heterocycles. The first kappa shape index (κ1) is 14.5. The van der Waals surface area contributed by atoms with Crippen molar-refractivity contribution < 1.29 is 26.2 Å². The van der Waals surface area contributed by atoms with E-state index >= 15 is 0 Å². The van der Waals surface area contributed by atoms with Gasteiger partial charge in [0, 0.05) is 0 Å². The summed E-state index contributed by atoms with van der Waals surface area (Å²) in [6.07, 6.45) is 5.88. The van der Waals surface area contributed by atoms with Crippen LogP contribution in [0.5, 0.6) is 0 Å². The summed E-state index contributed by atoms with van der Waals surface area (Å²) in [6.45, 7) is 6.25. The first-order valence-corrected chi connectivity index (χ1v) is 4.85. The van der Waals surface area contributed by atoms with Gasteiger partial charge in [0.2, 0.25) is 0 Å². The number of hydrogen-bond acceptors (Lipinski definition) is 0. The first-order chi connectivity index (χ1) is 6.58. The number of benzene rings is 1. The Bertz CT molecular complexity index is 285. The van der Waals surface area contributed by atoms with Crippen LogP contribution in [0.3, 0.4) is 0 Å². The fraction of sp³-hybridized carbons (Fsp3) is 0.308. The van der Waals surface area contributed by atoms with E-state index in [0.717, 1.165) is 0 Å². The summed E-state index contributed by atoms with van der Waals surface area (Å²) >= 11 is 0. The molecular weight excluding hydrogens is 261 g/mol. The molecule has 78 valence electrons. The van der Waals surface area contributed by atoms with Gasteiger partial charge in [-0.3, -0.25) is 6.20 Å². The van der Waals surface area contributed by atoms with Crippen molar-refractivity contribution in [3.63, 3.8) is 0 Å². The third kappa shape index (κ3) is 7.44. The van der Waals surface area contributed by atoms with Gasteiger partial charge in [-0.1, -0.05) is 26.8 Å². The summed E-state index contributed by atoms with van der Waals surface area (Å²) in [7, 11) is 0. The van der Waals surface area contributed by atoms with Crippen LogP contribution in [0.2, 0.25) is 0 Å². The summed E-state index contributed by atoms with van der Waals surface area (Å²) in [5, 5.41) is 4.36. The largest absolute Gasteiger partial charge is 2.00 e. The summed E-state index contributed by atoms with van der Waals surface area (Å²) < 4.78 is 0. The fourth-order valence-corrected chi connectivity index (χ4v) is 0.985. The second-order valence-corrected chi connectivity index (χ2v) is 4.22. The molecule has 0 heterocycles. The molecule has 0 aliphatic carbocycles. The van der Waals surface area contributed by atoms with Crippen LogP contribution >= 0.6 is 0 Å². The number of nitrogens with zero attached hydrogens (tertiary/aromatic N) is 1. The molecule has 0 saturated carbocycles. The fourth-order valence-electron chi connectivity index (χ4n) is 0.985. The van der Waals surface area contributed by atoms with E-state index in [9.17, 15) is 0 Å². The molecule has 0 atom stereocenters. The van der Waals surface area contributed by atoms with E-state index in [1.54, 1.807) is 0 Å². The van der Waals surface area contributed by atoms with E-state index in [-0.39, 0.29) is 31.7 Å². The van der Waals surface area contributed by atoms with E-state index in [4.69, 9.17) is 0 Å². The molecule has 0 spiro atoms. The van der Waals surface area contributed by atoms with Crippen LogP contribution in [0, 0.1) is 6.42 Å². The van der Waals surface area contributed by atoms with Crippen molar-refractivity contribution in [3.05, 3.63) is 59.9 Å². The van der Waals surface area contributed by atoms with Crippen molar-refractivity contribution in [2.24, 2.45) is 0 Å². The average molecular weight is 279 g/mol. The zero-order chi connectivity index (χ0) is 10.4. The number of allylic oxidation sites excluding steroid dienone is 1. The van der Waals surface area contributed by atoms with E-state index in [1.165, 1.54) is 5.56 Å². The molecule has 1 aromatic rings. The molecule has 1 rings (SSSR count). The molecular formula is C13H17NZr. The maximum Gasteiger partial charge on any atom is 2.00 e. The zero-order valence-corrected chi connectivity index (χ0v) is 12.0. The summed E-state index contributed by atoms with van der Waals surface area (Å²) in [5.41, 5.74) is 1.22. The Balaban J connectivity index is 0.00000196. The molecule has 1 aromatic carbocycles. The summed E-state index contributed by atoms with van der Waals surface area (Å²) in [6, 6.07) is 10.2. The quantitative estimate of drug-likeness (QED) is 0.744. The minimum atomic E-state index is 0. The van der Waals surface area contributed by atoms with Crippen LogP contribution in [0.4, 0.5) is 0 Å². The molecule has 0 fully saturated rings. The van der Waals surface area contributed by atoms with E-state index in [0.29, 0.717) is 0 Å². The van der Waals surface area contributed by atoms with Gasteiger partial charge in [-0.05, 0) is 0 Å². The number of hydrogen-bond donors (Lipinski definition) is 0. The van der Waals surface area contributed by atoms with Crippen LogP contribution in [0.1, 0.15) is 26.3 Å². The van der Waals surface area contributed by atoms with Gasteiger partial charge in [-0.2, -0.15) is 6.08 Å². The van der Waals surface area contributed by atoms with Crippen molar-refractivity contribution in [1.29, 1.82) is 0 Å². The van der Waals surface area contributed by atoms with E-state index < -0.39 is 0 Å². The van der Waals surface area contributed by atoms with Crippen LogP contribution in [0.25, 0.3) is 5.32 Å². The predicted molar refractivity (Wildman–Crippen MR) is 62.1 cm³/mol. The Morgan fingerprint density at radius 1 is 1.13 bits per heavy atom. The summed E-state index contributed by atoms with van der Waals surface area (Å²) in [5.74, 6) is 0. The van der Waals surface area contributed by atoms with E-state index in [1.807, 2.05) is 30.5 Å². The molecule has 0 unspecified atom stereocenters. The molecule has 0 N–H and O–H groups in total. The Kier molecular flexibility index (Phi) is 6.67. The van der Waals surface area contributed by atoms with Crippen LogP contribution in [-0.4, -0.2) is 5.54 Å². The van der Waals surface area contributed by atoms with Gasteiger partial charge in [0.25, 0.3) is 0 Å². The van der Waals surface area contributed by atoms with Crippen molar-refractivity contribution in [2.75, 3.05) is 0 Å². The topological polar surface area (TPSA) is 14.1 Å². The average Bonchev–Trinajstić information content (AvgIpc) is 2.13. The monoisotopic (exact) mass is 277 g/mol. The minimum Gasteiger partial charge on any atom is -0.729 e. The molecule has 15 heavy (non-hydrogen) atoms. The van der Waals surface area contributed by atoms with Gasteiger partial charge in [0.05, 0.1) is 0 Å². The standard InChI is InChI=1S/C13H17N.Zr/c1-13(2,3)14-11-7-10-12-8-5-4-6-9-12;/h4-11H,1-3H3;/q-2;+2. The third-order valence-corrected chi connectivity index (χ3v) is 1.64. The van der Waals surface area contributed by atoms with Gasteiger partial charge < -0.3 is 5.32 Å². The van der Waals surface area contributed by atoms with Gasteiger partial charge in [-0.15, -0.1) is 41.8 Å². The van der Waals surface area contributed by atoms with Crippen LogP contribution in [0.15, 0.2) is 42.6 Å². The van der Waals surface area contributed by atoms with Crippen molar-refractivity contribution in [1.82, 2.24) is 0 Å². The molecule has 2 heteroatoms. The maximum atomic E-state index is 4.36. The molecule has 0 aliphatic heterocycles.